The van der Waals surface area contributed by atoms with E-state index < -0.39 is 0 Å². The topological polar surface area (TPSA) is 21.7 Å². The molecule has 2 aromatic rings. The van der Waals surface area contributed by atoms with Crippen molar-refractivity contribution in [1.82, 2.24) is 4.90 Å². The molecule has 0 N–H and O–H groups in total. The molecule has 21 heavy (non-hydrogen) atoms. The summed E-state index contributed by atoms with van der Waals surface area (Å²) in [6.07, 6.45) is 0. The van der Waals surface area contributed by atoms with Crippen molar-refractivity contribution in [2.45, 2.75) is 20.0 Å². The van der Waals surface area contributed by atoms with Crippen molar-refractivity contribution in [2.75, 3.05) is 20.8 Å². The van der Waals surface area contributed by atoms with Gasteiger partial charge in [0.2, 0.25) is 0 Å². The number of ether oxygens (including phenoxy) is 2. The zero-order valence-corrected chi connectivity index (χ0v) is 15.0. The number of hydrogen-bond acceptors (Lipinski definition) is 4. The molecular weight excluding hydrogens is 350 g/mol. The van der Waals surface area contributed by atoms with Gasteiger partial charge in [-0.3, -0.25) is 4.90 Å². The average molecular weight is 370 g/mol. The zero-order chi connectivity index (χ0) is 15.2. The summed E-state index contributed by atoms with van der Waals surface area (Å²) in [5, 5.41) is 2.11. The summed E-state index contributed by atoms with van der Waals surface area (Å²) in [5.74, 6) is 1.55. The zero-order valence-electron chi connectivity index (χ0n) is 12.6. The quantitative estimate of drug-likeness (QED) is 0.714. The van der Waals surface area contributed by atoms with Crippen molar-refractivity contribution in [3.8, 4) is 11.5 Å². The number of benzene rings is 1. The number of nitrogens with zero attached hydrogens (tertiary/aromatic N) is 1. The smallest absolute Gasteiger partial charge is 0.161 e. The van der Waals surface area contributed by atoms with Crippen molar-refractivity contribution in [3.05, 3.63) is 44.6 Å². The summed E-state index contributed by atoms with van der Waals surface area (Å²) < 4.78 is 11.8. The van der Waals surface area contributed by atoms with E-state index >= 15 is 0 Å². The lowest BCUT2D eigenvalue weighted by molar-refractivity contribution is 0.272. The van der Waals surface area contributed by atoms with Crippen molar-refractivity contribution in [2.24, 2.45) is 0 Å². The predicted molar refractivity (Wildman–Crippen MR) is 91.4 cm³/mol. The molecule has 0 unspecified atom stereocenters. The Morgan fingerprint density at radius 1 is 1.10 bits per heavy atom. The summed E-state index contributed by atoms with van der Waals surface area (Å²) in [6.45, 7) is 5.02. The third-order valence-electron chi connectivity index (χ3n) is 3.36. The second kappa shape index (κ2) is 7.82. The molecule has 1 heterocycles. The molecule has 0 aliphatic rings. The Morgan fingerprint density at radius 2 is 1.86 bits per heavy atom. The van der Waals surface area contributed by atoms with E-state index in [0.717, 1.165) is 31.1 Å². The lowest BCUT2D eigenvalue weighted by atomic mass is 10.2. The van der Waals surface area contributed by atoms with Crippen LogP contribution in [0.4, 0.5) is 0 Å². The molecule has 0 atom stereocenters. The molecule has 0 radical (unpaired) electrons. The molecule has 0 saturated heterocycles. The van der Waals surface area contributed by atoms with Crippen LogP contribution in [0.25, 0.3) is 0 Å². The van der Waals surface area contributed by atoms with Gasteiger partial charge in [0.15, 0.2) is 11.5 Å². The summed E-state index contributed by atoms with van der Waals surface area (Å²) in [7, 11) is 3.33. The number of thiophene rings is 1. The fourth-order valence-electron chi connectivity index (χ4n) is 2.16. The van der Waals surface area contributed by atoms with Crippen molar-refractivity contribution in [1.29, 1.82) is 0 Å². The highest BCUT2D eigenvalue weighted by molar-refractivity contribution is 9.10. The van der Waals surface area contributed by atoms with Crippen molar-refractivity contribution in [3.63, 3.8) is 0 Å². The monoisotopic (exact) mass is 369 g/mol. The molecule has 0 bridgehead atoms. The molecule has 0 spiro atoms. The van der Waals surface area contributed by atoms with Gasteiger partial charge in [-0.1, -0.05) is 13.0 Å². The van der Waals surface area contributed by atoms with Crippen LogP contribution in [-0.4, -0.2) is 25.7 Å². The summed E-state index contributed by atoms with van der Waals surface area (Å²) in [4.78, 5) is 3.76. The molecule has 0 saturated carbocycles. The second-order valence-electron chi connectivity index (χ2n) is 4.68. The molecule has 0 aliphatic heterocycles. The van der Waals surface area contributed by atoms with Crippen LogP contribution in [0.3, 0.4) is 0 Å². The Labute approximate surface area is 138 Å². The van der Waals surface area contributed by atoms with Crippen LogP contribution in [0.5, 0.6) is 11.5 Å². The highest BCUT2D eigenvalue weighted by Crippen LogP contribution is 2.29. The van der Waals surface area contributed by atoms with Gasteiger partial charge < -0.3 is 9.47 Å². The van der Waals surface area contributed by atoms with Gasteiger partial charge in [-0.25, -0.2) is 0 Å². The second-order valence-corrected chi connectivity index (χ2v) is 6.54. The van der Waals surface area contributed by atoms with Crippen LogP contribution in [0.15, 0.2) is 34.1 Å². The molecule has 1 aromatic heterocycles. The van der Waals surface area contributed by atoms with Gasteiger partial charge in [-0.15, -0.1) is 11.3 Å². The van der Waals surface area contributed by atoms with Crippen LogP contribution in [0.2, 0.25) is 0 Å². The first-order valence-corrected chi connectivity index (χ1v) is 8.50. The maximum atomic E-state index is 5.37. The first-order valence-electron chi connectivity index (χ1n) is 6.83. The van der Waals surface area contributed by atoms with E-state index in [0.29, 0.717) is 0 Å². The Hall–Kier alpha value is -1.04. The van der Waals surface area contributed by atoms with Gasteiger partial charge in [0.25, 0.3) is 0 Å². The van der Waals surface area contributed by atoms with E-state index in [1.54, 1.807) is 25.6 Å². The number of hydrogen-bond donors (Lipinski definition) is 0. The number of halogens is 1. The summed E-state index contributed by atoms with van der Waals surface area (Å²) in [5.41, 5.74) is 1.22. The number of rotatable bonds is 7. The molecule has 3 nitrogen and oxygen atoms in total. The molecule has 1 aromatic carbocycles. The van der Waals surface area contributed by atoms with Crippen LogP contribution in [0, 0.1) is 0 Å². The fourth-order valence-corrected chi connectivity index (χ4v) is 3.68. The Bertz CT molecular complexity index is 585. The lowest BCUT2D eigenvalue weighted by Crippen LogP contribution is -2.22. The Morgan fingerprint density at radius 3 is 2.43 bits per heavy atom. The van der Waals surface area contributed by atoms with Crippen LogP contribution >= 0.6 is 27.3 Å². The molecule has 0 aliphatic carbocycles. The molecular formula is C16H20BrNO2S. The van der Waals surface area contributed by atoms with Crippen LogP contribution in [0.1, 0.15) is 17.4 Å². The van der Waals surface area contributed by atoms with E-state index in [1.165, 1.54) is 14.9 Å². The maximum Gasteiger partial charge on any atom is 0.161 e. The van der Waals surface area contributed by atoms with E-state index in [2.05, 4.69) is 45.3 Å². The van der Waals surface area contributed by atoms with E-state index in [1.807, 2.05) is 12.1 Å². The van der Waals surface area contributed by atoms with Gasteiger partial charge in [-0.2, -0.15) is 0 Å². The molecule has 5 heteroatoms. The SMILES string of the molecule is CCN(Cc1ccc(OC)c(OC)c1)Cc1sccc1Br. The molecule has 0 amide bonds. The van der Waals surface area contributed by atoms with Gasteiger partial charge >= 0.3 is 0 Å². The van der Waals surface area contributed by atoms with Gasteiger partial charge in [0, 0.05) is 22.4 Å². The normalized spacial score (nSPS) is 10.9. The summed E-state index contributed by atoms with van der Waals surface area (Å²) in [6, 6.07) is 8.20. The average Bonchev–Trinajstić information content (AvgIpc) is 2.91. The van der Waals surface area contributed by atoms with E-state index in [4.69, 9.17) is 9.47 Å². The highest BCUT2D eigenvalue weighted by Gasteiger charge is 2.11. The Kier molecular flexibility index (Phi) is 6.08. The lowest BCUT2D eigenvalue weighted by Gasteiger charge is -2.20. The van der Waals surface area contributed by atoms with Gasteiger partial charge in [0.1, 0.15) is 0 Å². The fraction of sp³-hybridized carbons (Fsp3) is 0.375. The van der Waals surface area contributed by atoms with Crippen LogP contribution in [-0.2, 0) is 13.1 Å². The van der Waals surface area contributed by atoms with Gasteiger partial charge in [-0.05, 0) is 51.6 Å². The first-order chi connectivity index (χ1) is 10.2. The molecule has 0 fully saturated rings. The van der Waals surface area contributed by atoms with Crippen LogP contribution < -0.4 is 9.47 Å². The molecule has 114 valence electrons. The minimum Gasteiger partial charge on any atom is -0.493 e. The Balaban J connectivity index is 2.09. The third kappa shape index (κ3) is 4.22. The third-order valence-corrected chi connectivity index (χ3v) is 5.27. The minimum atomic E-state index is 0.769. The minimum absolute atomic E-state index is 0.769. The van der Waals surface area contributed by atoms with E-state index in [9.17, 15) is 0 Å². The molecule has 2 rings (SSSR count). The van der Waals surface area contributed by atoms with Gasteiger partial charge in [0.05, 0.1) is 14.2 Å². The highest BCUT2D eigenvalue weighted by atomic mass is 79.9. The summed E-state index contributed by atoms with van der Waals surface area (Å²) >= 11 is 5.38. The maximum absolute atomic E-state index is 5.37. The number of methoxy groups -OCH3 is 2. The van der Waals surface area contributed by atoms with E-state index in [-0.39, 0.29) is 0 Å². The standard InChI is InChI=1S/C16H20BrNO2S/c1-4-18(11-16-13(17)7-8-21-16)10-12-5-6-14(19-2)15(9-12)20-3/h5-9H,4,10-11H2,1-3H3. The van der Waals surface area contributed by atoms with Crippen molar-refractivity contribution < 1.29 is 9.47 Å². The largest absolute Gasteiger partial charge is 0.493 e. The first kappa shape index (κ1) is 16.3. The predicted octanol–water partition coefficient (Wildman–Crippen LogP) is 4.55. The van der Waals surface area contributed by atoms with Crippen molar-refractivity contribution >= 4 is 27.3 Å².